The van der Waals surface area contributed by atoms with Crippen molar-refractivity contribution >= 4 is 39.4 Å². The van der Waals surface area contributed by atoms with E-state index in [9.17, 15) is 0 Å². The quantitative estimate of drug-likeness (QED) is 0.651. The minimum Gasteiger partial charge on any atom is -0.486 e. The Balaban J connectivity index is 1.73. The first kappa shape index (κ1) is 15.0. The van der Waals surface area contributed by atoms with Crippen LogP contribution in [0.2, 0.25) is 0 Å². The van der Waals surface area contributed by atoms with Crippen molar-refractivity contribution in [3.63, 3.8) is 0 Å². The molecule has 0 fully saturated rings. The average Bonchev–Trinajstić information content (AvgIpc) is 3.03. The Kier molecular flexibility index (Phi) is 3.82. The number of nitrogens with zero attached hydrogens (tertiary/aromatic N) is 2. The van der Waals surface area contributed by atoms with E-state index in [0.29, 0.717) is 6.61 Å². The fourth-order valence-corrected chi connectivity index (χ4v) is 2.92. The van der Waals surface area contributed by atoms with E-state index in [-0.39, 0.29) is 0 Å². The molecule has 3 nitrogen and oxygen atoms in total. The molecule has 4 heteroatoms. The molecule has 0 bridgehead atoms. The van der Waals surface area contributed by atoms with Crippen LogP contribution in [0.3, 0.4) is 0 Å². The molecule has 1 aromatic heterocycles. The Morgan fingerprint density at radius 2 is 1.96 bits per heavy atom. The maximum atomic E-state index is 5.82. The first-order valence-corrected chi connectivity index (χ1v) is 8.29. The summed E-state index contributed by atoms with van der Waals surface area (Å²) in [5.41, 5.74) is 5.03. The van der Waals surface area contributed by atoms with Crippen molar-refractivity contribution in [2.24, 2.45) is 4.99 Å². The Hall–Kier alpha value is -2.59. The number of ether oxygens (including phenoxy) is 1. The van der Waals surface area contributed by atoms with Crippen molar-refractivity contribution in [2.75, 3.05) is 6.61 Å². The molecule has 24 heavy (non-hydrogen) atoms. The third kappa shape index (κ3) is 2.81. The van der Waals surface area contributed by atoms with Crippen LogP contribution >= 0.6 is 12.2 Å². The molecule has 4 rings (SSSR count). The number of para-hydroxylation sites is 2. The van der Waals surface area contributed by atoms with Gasteiger partial charge in [-0.15, -0.1) is 0 Å². The molecule has 0 saturated carbocycles. The zero-order valence-electron chi connectivity index (χ0n) is 13.3. The summed E-state index contributed by atoms with van der Waals surface area (Å²) >= 11 is 5.11. The summed E-state index contributed by atoms with van der Waals surface area (Å²) in [5.74, 6) is 0.759. The lowest BCUT2D eigenvalue weighted by Gasteiger charge is -2.09. The van der Waals surface area contributed by atoms with Gasteiger partial charge < -0.3 is 4.74 Å². The van der Waals surface area contributed by atoms with E-state index in [2.05, 4.69) is 12.1 Å². The fraction of sp³-hybridized carbons (Fsp3) is 0.150. The second-order valence-corrected chi connectivity index (χ2v) is 6.58. The highest BCUT2D eigenvalue weighted by Crippen LogP contribution is 2.30. The molecule has 1 aliphatic rings. The van der Waals surface area contributed by atoms with E-state index in [1.54, 1.807) is 0 Å². The van der Waals surface area contributed by atoms with Gasteiger partial charge in [-0.3, -0.25) is 4.99 Å². The lowest BCUT2D eigenvalue weighted by atomic mass is 10.1. The fourth-order valence-electron chi connectivity index (χ4n) is 2.86. The topological polar surface area (TPSA) is 34.5 Å². The van der Waals surface area contributed by atoms with Crippen molar-refractivity contribution in [3.05, 3.63) is 65.9 Å². The van der Waals surface area contributed by atoms with E-state index in [4.69, 9.17) is 26.9 Å². The molecule has 2 aromatic carbocycles. The van der Waals surface area contributed by atoms with Gasteiger partial charge in [-0.1, -0.05) is 48.6 Å². The second kappa shape index (κ2) is 6.13. The van der Waals surface area contributed by atoms with E-state index in [1.807, 2.05) is 49.4 Å². The average molecular weight is 332 g/mol. The number of benzene rings is 2. The first-order chi connectivity index (χ1) is 11.7. The van der Waals surface area contributed by atoms with E-state index >= 15 is 0 Å². The van der Waals surface area contributed by atoms with Crippen molar-refractivity contribution in [3.8, 4) is 5.75 Å². The highest BCUT2D eigenvalue weighted by atomic mass is 32.1. The van der Waals surface area contributed by atoms with E-state index < -0.39 is 0 Å². The van der Waals surface area contributed by atoms with E-state index in [1.165, 1.54) is 5.56 Å². The summed E-state index contributed by atoms with van der Waals surface area (Å²) in [5, 5.41) is 1.05. The standard InChI is InChI=1S/C20H16N2OS/c1-13(24)12-23-19-8-4-6-14-9-10-17(22-20(14)19)18-11-15-5-2-3-7-16(15)21-18/h2-10H,11-12H2,1H3. The maximum Gasteiger partial charge on any atom is 0.146 e. The van der Waals surface area contributed by atoms with Crippen LogP contribution in [0.15, 0.2) is 59.6 Å². The Labute approximate surface area is 146 Å². The van der Waals surface area contributed by atoms with Crippen LogP contribution in [-0.2, 0) is 6.42 Å². The molecule has 0 N–H and O–H groups in total. The van der Waals surface area contributed by atoms with Gasteiger partial charge in [0.2, 0.25) is 0 Å². The molecule has 0 radical (unpaired) electrons. The summed E-state index contributed by atoms with van der Waals surface area (Å²) in [7, 11) is 0. The van der Waals surface area contributed by atoms with Gasteiger partial charge in [0.05, 0.1) is 17.1 Å². The predicted molar refractivity (Wildman–Crippen MR) is 102 cm³/mol. The van der Waals surface area contributed by atoms with Crippen LogP contribution in [0, 0.1) is 0 Å². The van der Waals surface area contributed by atoms with Crippen molar-refractivity contribution in [1.29, 1.82) is 0 Å². The summed E-state index contributed by atoms with van der Waals surface area (Å²) in [6.07, 6.45) is 0.816. The summed E-state index contributed by atoms with van der Waals surface area (Å²) in [6.45, 7) is 2.30. The number of thiocarbonyl (C=S) groups is 1. The first-order valence-electron chi connectivity index (χ1n) is 7.88. The number of hydrogen-bond donors (Lipinski definition) is 0. The Morgan fingerprint density at radius 3 is 2.79 bits per heavy atom. The van der Waals surface area contributed by atoms with Crippen LogP contribution in [0.4, 0.5) is 5.69 Å². The molecule has 118 valence electrons. The van der Waals surface area contributed by atoms with Gasteiger partial charge >= 0.3 is 0 Å². The third-order valence-corrected chi connectivity index (χ3v) is 4.13. The van der Waals surface area contributed by atoms with Crippen molar-refractivity contribution in [1.82, 2.24) is 4.98 Å². The summed E-state index contributed by atoms with van der Waals surface area (Å²) < 4.78 is 5.82. The third-order valence-electron chi connectivity index (χ3n) is 4.01. The second-order valence-electron chi connectivity index (χ2n) is 5.88. The molecule has 0 spiro atoms. The Morgan fingerprint density at radius 1 is 1.08 bits per heavy atom. The monoisotopic (exact) mass is 332 g/mol. The summed E-state index contributed by atoms with van der Waals surface area (Å²) in [6, 6.07) is 18.3. The number of pyridine rings is 1. The van der Waals surface area contributed by atoms with Gasteiger partial charge in [0.1, 0.15) is 17.9 Å². The van der Waals surface area contributed by atoms with Crippen LogP contribution < -0.4 is 4.74 Å². The number of aromatic nitrogens is 1. The molecule has 0 amide bonds. The molecule has 2 heterocycles. The van der Waals surface area contributed by atoms with Crippen LogP contribution in [0.5, 0.6) is 5.75 Å². The van der Waals surface area contributed by atoms with Gasteiger partial charge in [-0.2, -0.15) is 0 Å². The van der Waals surface area contributed by atoms with E-state index in [0.717, 1.165) is 45.0 Å². The number of fused-ring (bicyclic) bond motifs is 2. The van der Waals surface area contributed by atoms with Gasteiger partial charge in [-0.05, 0) is 30.7 Å². The minimum atomic E-state index is 0.423. The molecule has 1 aliphatic heterocycles. The van der Waals surface area contributed by atoms with Gasteiger partial charge in [-0.25, -0.2) is 4.98 Å². The maximum absolute atomic E-state index is 5.82. The van der Waals surface area contributed by atoms with Crippen LogP contribution in [0.1, 0.15) is 18.2 Å². The zero-order valence-corrected chi connectivity index (χ0v) is 14.1. The lowest BCUT2D eigenvalue weighted by Crippen LogP contribution is -2.07. The molecule has 0 saturated heterocycles. The summed E-state index contributed by atoms with van der Waals surface area (Å²) in [4.78, 5) is 10.4. The zero-order chi connectivity index (χ0) is 16.5. The van der Waals surface area contributed by atoms with Crippen molar-refractivity contribution < 1.29 is 4.74 Å². The molecule has 0 unspecified atom stereocenters. The molecule has 3 aromatic rings. The van der Waals surface area contributed by atoms with Crippen LogP contribution in [-0.4, -0.2) is 22.2 Å². The highest BCUT2D eigenvalue weighted by Gasteiger charge is 2.17. The largest absolute Gasteiger partial charge is 0.486 e. The number of rotatable bonds is 4. The Bertz CT molecular complexity index is 978. The normalized spacial score (nSPS) is 12.8. The molecular weight excluding hydrogens is 316 g/mol. The van der Waals surface area contributed by atoms with Gasteiger partial charge in [0.25, 0.3) is 0 Å². The highest BCUT2D eigenvalue weighted by molar-refractivity contribution is 7.80. The van der Waals surface area contributed by atoms with Crippen molar-refractivity contribution in [2.45, 2.75) is 13.3 Å². The molecule has 0 aliphatic carbocycles. The number of hydrogen-bond acceptors (Lipinski definition) is 4. The SMILES string of the molecule is CC(=S)COc1cccc2ccc(C3=Nc4ccccc4C3)nc12. The molecule has 0 atom stereocenters. The lowest BCUT2D eigenvalue weighted by molar-refractivity contribution is 0.382. The number of aliphatic imine (C=N–C) groups is 1. The predicted octanol–water partition coefficient (Wildman–Crippen LogP) is 4.68. The smallest absolute Gasteiger partial charge is 0.146 e. The van der Waals surface area contributed by atoms with Crippen LogP contribution in [0.25, 0.3) is 10.9 Å². The van der Waals surface area contributed by atoms with Gasteiger partial charge in [0.15, 0.2) is 0 Å². The minimum absolute atomic E-state index is 0.423. The van der Waals surface area contributed by atoms with Gasteiger partial charge in [0, 0.05) is 16.7 Å². The molecular formula is C20H16N2OS.